The van der Waals surface area contributed by atoms with Gasteiger partial charge in [-0.3, -0.25) is 0 Å². The lowest BCUT2D eigenvalue weighted by Gasteiger charge is -2.24. The zero-order valence-corrected chi connectivity index (χ0v) is 10.9. The lowest BCUT2D eigenvalue weighted by Crippen LogP contribution is -2.28. The first-order valence-corrected chi connectivity index (χ1v) is 6.72. The summed E-state index contributed by atoms with van der Waals surface area (Å²) in [6.07, 6.45) is 3.57. The molecule has 0 aliphatic carbocycles. The molecule has 0 bridgehead atoms. The van der Waals surface area contributed by atoms with Gasteiger partial charge in [-0.25, -0.2) is 0 Å². The molecule has 2 heteroatoms. The van der Waals surface area contributed by atoms with Crippen molar-refractivity contribution in [2.24, 2.45) is 11.7 Å². The molecule has 1 heterocycles. The summed E-state index contributed by atoms with van der Waals surface area (Å²) in [6.45, 7) is 5.22. The van der Waals surface area contributed by atoms with Gasteiger partial charge in [-0.2, -0.15) is 0 Å². The van der Waals surface area contributed by atoms with E-state index in [1.165, 1.54) is 11.1 Å². The molecule has 3 atom stereocenters. The van der Waals surface area contributed by atoms with Crippen LogP contribution in [0, 0.1) is 5.92 Å². The third kappa shape index (κ3) is 2.70. The Morgan fingerprint density at radius 1 is 1.41 bits per heavy atom. The summed E-state index contributed by atoms with van der Waals surface area (Å²) in [7, 11) is 0. The van der Waals surface area contributed by atoms with Crippen LogP contribution in [0.3, 0.4) is 0 Å². The highest BCUT2D eigenvalue weighted by atomic mass is 16.5. The minimum absolute atomic E-state index is 0.119. The van der Waals surface area contributed by atoms with E-state index in [4.69, 9.17) is 10.5 Å². The van der Waals surface area contributed by atoms with E-state index < -0.39 is 0 Å². The average Bonchev–Trinajstić information content (AvgIpc) is 2.86. The largest absolute Gasteiger partial charge is 0.378 e. The Kier molecular flexibility index (Phi) is 4.19. The first kappa shape index (κ1) is 12.6. The third-order valence-corrected chi connectivity index (χ3v) is 3.87. The number of hydrogen-bond acceptors (Lipinski definition) is 2. The Bertz CT molecular complexity index is 364. The van der Waals surface area contributed by atoms with E-state index >= 15 is 0 Å². The molecular weight excluding hydrogens is 210 g/mol. The summed E-state index contributed by atoms with van der Waals surface area (Å²) in [5, 5.41) is 0. The van der Waals surface area contributed by atoms with E-state index in [0.717, 1.165) is 25.9 Å². The van der Waals surface area contributed by atoms with E-state index in [9.17, 15) is 0 Å². The van der Waals surface area contributed by atoms with Crippen LogP contribution in [-0.2, 0) is 11.2 Å². The van der Waals surface area contributed by atoms with Crippen LogP contribution in [0.1, 0.15) is 43.9 Å². The molecule has 1 aromatic rings. The van der Waals surface area contributed by atoms with Gasteiger partial charge in [0.1, 0.15) is 0 Å². The normalized spacial score (nSPS) is 26.1. The Hall–Kier alpha value is -0.860. The van der Waals surface area contributed by atoms with Gasteiger partial charge in [-0.05, 0) is 30.4 Å². The molecule has 0 amide bonds. The molecule has 0 aromatic heterocycles. The lowest BCUT2D eigenvalue weighted by molar-refractivity contribution is 0.0813. The van der Waals surface area contributed by atoms with Crippen LogP contribution in [0.25, 0.3) is 0 Å². The fraction of sp³-hybridized carbons (Fsp3) is 0.600. The summed E-state index contributed by atoms with van der Waals surface area (Å²) in [5.41, 5.74) is 9.04. The minimum Gasteiger partial charge on any atom is -0.378 e. The molecule has 3 unspecified atom stereocenters. The second-order valence-electron chi connectivity index (χ2n) is 4.89. The second kappa shape index (κ2) is 5.65. The molecule has 1 aromatic carbocycles. The van der Waals surface area contributed by atoms with Crippen molar-refractivity contribution in [3.63, 3.8) is 0 Å². The predicted octanol–water partition coefficient (Wildman–Crippen LogP) is 3.06. The quantitative estimate of drug-likeness (QED) is 0.867. The van der Waals surface area contributed by atoms with Gasteiger partial charge in [0, 0.05) is 18.6 Å². The number of ether oxygens (including phenoxy) is 1. The molecule has 0 radical (unpaired) electrons. The van der Waals surface area contributed by atoms with Crippen molar-refractivity contribution in [1.29, 1.82) is 0 Å². The van der Waals surface area contributed by atoms with Gasteiger partial charge in [-0.1, -0.05) is 38.1 Å². The number of hydrogen-bond donors (Lipinski definition) is 1. The van der Waals surface area contributed by atoms with Crippen molar-refractivity contribution >= 4 is 0 Å². The summed E-state index contributed by atoms with van der Waals surface area (Å²) >= 11 is 0. The van der Waals surface area contributed by atoms with Gasteiger partial charge in [-0.15, -0.1) is 0 Å². The van der Waals surface area contributed by atoms with Crippen molar-refractivity contribution in [3.05, 3.63) is 35.4 Å². The van der Waals surface area contributed by atoms with Crippen molar-refractivity contribution in [2.45, 2.75) is 45.3 Å². The van der Waals surface area contributed by atoms with Crippen molar-refractivity contribution in [2.75, 3.05) is 6.61 Å². The minimum atomic E-state index is 0.119. The number of rotatable bonds is 4. The first-order valence-electron chi connectivity index (χ1n) is 6.72. The van der Waals surface area contributed by atoms with Gasteiger partial charge < -0.3 is 10.5 Å². The van der Waals surface area contributed by atoms with Crippen LogP contribution in [0.15, 0.2) is 24.3 Å². The predicted molar refractivity (Wildman–Crippen MR) is 70.9 cm³/mol. The van der Waals surface area contributed by atoms with Crippen LogP contribution < -0.4 is 5.73 Å². The summed E-state index contributed by atoms with van der Waals surface area (Å²) in [5.74, 6) is 0.479. The molecule has 2 nitrogen and oxygen atoms in total. The molecular formula is C15H23NO. The van der Waals surface area contributed by atoms with Crippen molar-refractivity contribution in [3.8, 4) is 0 Å². The fourth-order valence-electron chi connectivity index (χ4n) is 2.76. The van der Waals surface area contributed by atoms with Gasteiger partial charge in [0.25, 0.3) is 0 Å². The van der Waals surface area contributed by atoms with Crippen LogP contribution >= 0.6 is 0 Å². The van der Waals surface area contributed by atoms with Crippen LogP contribution in [0.5, 0.6) is 0 Å². The summed E-state index contributed by atoms with van der Waals surface area (Å²) < 4.78 is 5.73. The van der Waals surface area contributed by atoms with E-state index in [1.807, 2.05) is 0 Å². The van der Waals surface area contributed by atoms with E-state index in [2.05, 4.69) is 38.1 Å². The first-order chi connectivity index (χ1) is 8.26. The fourth-order valence-corrected chi connectivity index (χ4v) is 2.76. The van der Waals surface area contributed by atoms with Gasteiger partial charge in [0.15, 0.2) is 0 Å². The number of nitrogens with two attached hydrogens (primary N) is 1. The molecule has 1 fully saturated rings. The number of benzene rings is 1. The zero-order chi connectivity index (χ0) is 12.3. The molecule has 1 aliphatic heterocycles. The maximum Gasteiger partial charge on any atom is 0.0619 e. The maximum absolute atomic E-state index is 6.41. The maximum atomic E-state index is 6.41. The Labute approximate surface area is 104 Å². The second-order valence-corrected chi connectivity index (χ2v) is 4.89. The third-order valence-electron chi connectivity index (χ3n) is 3.87. The molecule has 2 N–H and O–H groups in total. The SMILES string of the molecule is CCc1cccc(C(N)C2CCOC2CC)c1. The van der Waals surface area contributed by atoms with E-state index in [0.29, 0.717) is 12.0 Å². The van der Waals surface area contributed by atoms with E-state index in [-0.39, 0.29) is 6.04 Å². The average molecular weight is 233 g/mol. The van der Waals surface area contributed by atoms with Crippen molar-refractivity contribution in [1.82, 2.24) is 0 Å². The Morgan fingerprint density at radius 3 is 2.94 bits per heavy atom. The smallest absolute Gasteiger partial charge is 0.0619 e. The monoisotopic (exact) mass is 233 g/mol. The standard InChI is InChI=1S/C15H23NO/c1-3-11-6-5-7-12(10-11)15(16)13-8-9-17-14(13)4-2/h5-7,10,13-15H,3-4,8-9,16H2,1-2H3. The highest BCUT2D eigenvalue weighted by Gasteiger charge is 2.32. The molecule has 0 saturated carbocycles. The summed E-state index contributed by atoms with van der Waals surface area (Å²) in [6, 6.07) is 8.79. The summed E-state index contributed by atoms with van der Waals surface area (Å²) in [4.78, 5) is 0. The molecule has 94 valence electrons. The van der Waals surface area contributed by atoms with Gasteiger partial charge >= 0.3 is 0 Å². The van der Waals surface area contributed by atoms with Crippen LogP contribution in [0.2, 0.25) is 0 Å². The van der Waals surface area contributed by atoms with Crippen molar-refractivity contribution < 1.29 is 4.74 Å². The van der Waals surface area contributed by atoms with Gasteiger partial charge in [0.2, 0.25) is 0 Å². The molecule has 2 rings (SSSR count). The molecule has 1 saturated heterocycles. The van der Waals surface area contributed by atoms with Crippen LogP contribution in [-0.4, -0.2) is 12.7 Å². The Morgan fingerprint density at radius 2 is 2.24 bits per heavy atom. The molecule has 17 heavy (non-hydrogen) atoms. The topological polar surface area (TPSA) is 35.2 Å². The Balaban J connectivity index is 2.15. The molecule has 0 spiro atoms. The van der Waals surface area contributed by atoms with E-state index in [1.54, 1.807) is 0 Å². The highest BCUT2D eigenvalue weighted by Crippen LogP contribution is 2.33. The van der Waals surface area contributed by atoms with Crippen LogP contribution in [0.4, 0.5) is 0 Å². The lowest BCUT2D eigenvalue weighted by atomic mass is 9.87. The highest BCUT2D eigenvalue weighted by molar-refractivity contribution is 5.26. The number of aryl methyl sites for hydroxylation is 1. The van der Waals surface area contributed by atoms with Gasteiger partial charge in [0.05, 0.1) is 6.10 Å². The molecule has 1 aliphatic rings. The zero-order valence-electron chi connectivity index (χ0n) is 10.9.